The summed E-state index contributed by atoms with van der Waals surface area (Å²) in [7, 11) is 0. The highest BCUT2D eigenvalue weighted by Crippen LogP contribution is 2.31. The predicted octanol–water partition coefficient (Wildman–Crippen LogP) is 7.95. The van der Waals surface area contributed by atoms with Gasteiger partial charge in [0, 0.05) is 5.56 Å². The molecular weight excluding hydrogens is 408 g/mol. The van der Waals surface area contributed by atoms with E-state index in [4.69, 9.17) is 0 Å². The summed E-state index contributed by atoms with van der Waals surface area (Å²) < 4.78 is 59.1. The lowest BCUT2D eigenvalue weighted by Gasteiger charge is -2.16. The number of ether oxygens (including phenoxy) is 1. The Kier molecular flexibility index (Phi) is 9.28. The molecule has 0 saturated carbocycles. The highest BCUT2D eigenvalue weighted by atomic mass is 19.4. The number of unbranched alkanes of at least 4 members (excludes halogenated alkanes) is 5. The molecule has 2 aromatic carbocycles. The molecule has 2 aromatic rings. The van der Waals surface area contributed by atoms with E-state index in [9.17, 15) is 22.4 Å². The van der Waals surface area contributed by atoms with Crippen LogP contribution in [0.4, 0.5) is 17.6 Å². The number of benzene rings is 2. The van der Waals surface area contributed by atoms with Crippen molar-refractivity contribution in [2.45, 2.75) is 64.5 Å². The van der Waals surface area contributed by atoms with E-state index in [1.165, 1.54) is 25.1 Å². The minimum absolute atomic E-state index is 0.181. The third kappa shape index (κ3) is 7.53. The number of carbonyl (C=O) groups is 1. The predicted molar refractivity (Wildman–Crippen MR) is 114 cm³/mol. The zero-order chi connectivity index (χ0) is 22.9. The first-order valence-electron chi connectivity index (χ1n) is 10.6. The molecule has 31 heavy (non-hydrogen) atoms. The summed E-state index contributed by atoms with van der Waals surface area (Å²) in [5.41, 5.74) is 1.27. The first-order chi connectivity index (χ1) is 14.7. The topological polar surface area (TPSA) is 26.3 Å². The minimum atomic E-state index is -4.76. The maximum Gasteiger partial charge on any atom is 0.449 e. The number of halogens is 4. The van der Waals surface area contributed by atoms with E-state index in [1.807, 2.05) is 6.07 Å². The lowest BCUT2D eigenvalue weighted by atomic mass is 9.97. The van der Waals surface area contributed by atoms with Gasteiger partial charge in [-0.2, -0.15) is 13.2 Å². The molecular formula is C25H28F4O2. The molecule has 168 valence electrons. The van der Waals surface area contributed by atoms with Crippen molar-refractivity contribution >= 4 is 5.97 Å². The average molecular weight is 436 g/mol. The summed E-state index contributed by atoms with van der Waals surface area (Å²) in [6.07, 6.45) is 0.824. The third-order valence-electron chi connectivity index (χ3n) is 5.06. The van der Waals surface area contributed by atoms with Crippen LogP contribution in [0.3, 0.4) is 0 Å². The standard InChI is InChI=1S/C25H28F4O2/c1-3-4-5-6-7-11-14-23(25(27,28)29)31-24(30)18(2)20-15-16-21(22(26)17-20)19-12-9-8-10-13-19/h8-10,12-18H,3-7,11H2,1-2H3/b23-14+. The Morgan fingerprint density at radius 2 is 1.71 bits per heavy atom. The molecule has 2 rings (SSSR count). The Morgan fingerprint density at radius 3 is 2.32 bits per heavy atom. The second-order valence-corrected chi connectivity index (χ2v) is 7.52. The fourth-order valence-electron chi connectivity index (χ4n) is 3.18. The van der Waals surface area contributed by atoms with E-state index in [-0.39, 0.29) is 12.0 Å². The molecule has 1 atom stereocenters. The van der Waals surface area contributed by atoms with Crippen molar-refractivity contribution in [3.8, 4) is 11.1 Å². The van der Waals surface area contributed by atoms with Crippen LogP contribution in [-0.4, -0.2) is 12.1 Å². The van der Waals surface area contributed by atoms with Gasteiger partial charge in [-0.15, -0.1) is 0 Å². The normalized spacial score (nSPS) is 13.2. The number of esters is 1. The number of hydrogen-bond acceptors (Lipinski definition) is 2. The first-order valence-corrected chi connectivity index (χ1v) is 10.6. The molecule has 0 N–H and O–H groups in total. The molecule has 1 unspecified atom stereocenters. The second-order valence-electron chi connectivity index (χ2n) is 7.52. The molecule has 0 spiro atoms. The molecule has 0 saturated heterocycles. The van der Waals surface area contributed by atoms with Crippen LogP contribution in [0.2, 0.25) is 0 Å². The summed E-state index contributed by atoms with van der Waals surface area (Å²) in [6.45, 7) is 3.46. The molecule has 6 heteroatoms. The van der Waals surface area contributed by atoms with Crippen molar-refractivity contribution in [2.75, 3.05) is 0 Å². The van der Waals surface area contributed by atoms with Crippen LogP contribution in [0.15, 0.2) is 60.4 Å². The Balaban J connectivity index is 2.07. The van der Waals surface area contributed by atoms with Gasteiger partial charge >= 0.3 is 12.1 Å². The summed E-state index contributed by atoms with van der Waals surface area (Å²) in [6, 6.07) is 13.1. The van der Waals surface area contributed by atoms with Crippen LogP contribution in [0.5, 0.6) is 0 Å². The molecule has 0 fully saturated rings. The van der Waals surface area contributed by atoms with Crippen molar-refractivity contribution in [3.05, 3.63) is 71.7 Å². The Hall–Kier alpha value is -2.63. The van der Waals surface area contributed by atoms with Gasteiger partial charge in [-0.05, 0) is 43.0 Å². The quantitative estimate of drug-likeness (QED) is 0.163. The smallest absolute Gasteiger partial charge is 0.421 e. The highest BCUT2D eigenvalue weighted by molar-refractivity contribution is 5.79. The molecule has 0 aromatic heterocycles. The summed E-state index contributed by atoms with van der Waals surface area (Å²) >= 11 is 0. The maximum atomic E-state index is 14.6. The van der Waals surface area contributed by atoms with Crippen LogP contribution in [-0.2, 0) is 9.53 Å². The van der Waals surface area contributed by atoms with E-state index in [0.29, 0.717) is 17.5 Å². The summed E-state index contributed by atoms with van der Waals surface area (Å²) in [5.74, 6) is -3.97. The van der Waals surface area contributed by atoms with Crippen molar-refractivity contribution in [1.29, 1.82) is 0 Å². The third-order valence-corrected chi connectivity index (χ3v) is 5.06. The van der Waals surface area contributed by atoms with E-state index in [2.05, 4.69) is 11.7 Å². The number of rotatable bonds is 10. The van der Waals surface area contributed by atoms with Gasteiger partial charge in [0.15, 0.2) is 0 Å². The molecule has 0 heterocycles. The number of carbonyl (C=O) groups excluding carboxylic acids is 1. The van der Waals surface area contributed by atoms with Gasteiger partial charge in [0.05, 0.1) is 5.92 Å². The summed E-state index contributed by atoms with van der Waals surface area (Å²) in [4.78, 5) is 12.4. The molecule has 0 amide bonds. The van der Waals surface area contributed by atoms with Gasteiger partial charge in [0.1, 0.15) is 5.82 Å². The number of hydrogen-bond donors (Lipinski definition) is 0. The monoisotopic (exact) mass is 436 g/mol. The Labute approximate surface area is 180 Å². The van der Waals surface area contributed by atoms with Crippen LogP contribution in [0, 0.1) is 5.82 Å². The number of alkyl halides is 3. The fourth-order valence-corrected chi connectivity index (χ4v) is 3.18. The van der Waals surface area contributed by atoms with E-state index >= 15 is 0 Å². The second kappa shape index (κ2) is 11.7. The Morgan fingerprint density at radius 1 is 1.03 bits per heavy atom. The van der Waals surface area contributed by atoms with Crippen LogP contribution in [0.1, 0.15) is 63.9 Å². The highest BCUT2D eigenvalue weighted by Gasteiger charge is 2.38. The van der Waals surface area contributed by atoms with Crippen LogP contribution >= 0.6 is 0 Å². The Bertz CT molecular complexity index is 873. The SMILES string of the molecule is CCCCCCC/C=C(/OC(=O)C(C)c1ccc(-c2ccccc2)c(F)c1)C(F)(F)F. The van der Waals surface area contributed by atoms with Crippen molar-refractivity contribution in [3.63, 3.8) is 0 Å². The molecule has 0 aliphatic heterocycles. The lowest BCUT2D eigenvalue weighted by Crippen LogP contribution is -2.21. The number of allylic oxidation sites excluding steroid dienone is 2. The van der Waals surface area contributed by atoms with Gasteiger partial charge in [-0.1, -0.05) is 75.1 Å². The molecule has 0 bridgehead atoms. The van der Waals surface area contributed by atoms with E-state index in [0.717, 1.165) is 31.8 Å². The minimum Gasteiger partial charge on any atom is -0.421 e. The lowest BCUT2D eigenvalue weighted by molar-refractivity contribution is -0.161. The van der Waals surface area contributed by atoms with Gasteiger partial charge in [0.25, 0.3) is 0 Å². The van der Waals surface area contributed by atoms with Gasteiger partial charge in [-0.25, -0.2) is 4.39 Å². The van der Waals surface area contributed by atoms with Gasteiger partial charge in [-0.3, -0.25) is 4.79 Å². The molecule has 2 nitrogen and oxygen atoms in total. The summed E-state index contributed by atoms with van der Waals surface area (Å²) in [5, 5.41) is 0. The van der Waals surface area contributed by atoms with Crippen molar-refractivity contribution in [2.24, 2.45) is 0 Å². The first kappa shape index (κ1) is 24.6. The van der Waals surface area contributed by atoms with Gasteiger partial charge in [0.2, 0.25) is 5.76 Å². The van der Waals surface area contributed by atoms with Crippen LogP contribution in [0.25, 0.3) is 11.1 Å². The molecule has 0 radical (unpaired) electrons. The van der Waals surface area contributed by atoms with Crippen LogP contribution < -0.4 is 0 Å². The fraction of sp³-hybridized carbons (Fsp3) is 0.400. The average Bonchev–Trinajstić information content (AvgIpc) is 2.74. The zero-order valence-electron chi connectivity index (χ0n) is 17.8. The molecule has 0 aliphatic carbocycles. The van der Waals surface area contributed by atoms with E-state index < -0.39 is 29.6 Å². The van der Waals surface area contributed by atoms with Crippen molar-refractivity contribution in [1.82, 2.24) is 0 Å². The van der Waals surface area contributed by atoms with Gasteiger partial charge < -0.3 is 4.74 Å². The maximum absolute atomic E-state index is 14.6. The van der Waals surface area contributed by atoms with E-state index in [1.54, 1.807) is 24.3 Å². The molecule has 0 aliphatic rings. The van der Waals surface area contributed by atoms with Crippen molar-refractivity contribution < 1.29 is 27.1 Å². The zero-order valence-corrected chi connectivity index (χ0v) is 17.8. The largest absolute Gasteiger partial charge is 0.449 e.